The number of esters is 1. The Morgan fingerprint density at radius 1 is 0.925 bits per heavy atom. The molecule has 1 atom stereocenters. The predicted molar refractivity (Wildman–Crippen MR) is 194 cm³/mol. The summed E-state index contributed by atoms with van der Waals surface area (Å²) in [6.45, 7) is 3.78. The van der Waals surface area contributed by atoms with Gasteiger partial charge in [0.2, 0.25) is 5.91 Å². The van der Waals surface area contributed by atoms with Crippen LogP contribution in [0.25, 0.3) is 17.1 Å². The number of aliphatic imine (C=N–C) groups is 1. The second-order valence-electron chi connectivity index (χ2n) is 12.0. The number of halogens is 3. The van der Waals surface area contributed by atoms with Gasteiger partial charge in [0.25, 0.3) is 0 Å². The van der Waals surface area contributed by atoms with Crippen LogP contribution in [0.1, 0.15) is 28.7 Å². The van der Waals surface area contributed by atoms with Gasteiger partial charge in [-0.25, -0.2) is 19.3 Å². The number of urea groups is 1. The van der Waals surface area contributed by atoms with Crippen LogP contribution in [0, 0.1) is 13.8 Å². The largest absolute Gasteiger partial charge is 0.573 e. The highest BCUT2D eigenvalue weighted by atomic mass is 32.2. The van der Waals surface area contributed by atoms with Crippen molar-refractivity contribution in [2.75, 3.05) is 10.7 Å². The van der Waals surface area contributed by atoms with Crippen LogP contribution in [0.15, 0.2) is 108 Å². The zero-order valence-electron chi connectivity index (χ0n) is 28.5. The number of carbonyl (C=O) groups excluding carboxylic acids is 3. The molecule has 1 aliphatic rings. The fraction of sp³-hybridized carbons (Fsp3) is 0.211. The number of nitrogens with one attached hydrogen (secondary N) is 1. The minimum Gasteiger partial charge on any atom is -0.459 e. The highest BCUT2D eigenvalue weighted by Crippen LogP contribution is 2.32. The van der Waals surface area contributed by atoms with Gasteiger partial charge in [-0.05, 0) is 73.2 Å². The van der Waals surface area contributed by atoms with Gasteiger partial charge in [-0.1, -0.05) is 84.6 Å². The quantitative estimate of drug-likeness (QED) is 0.139. The van der Waals surface area contributed by atoms with Gasteiger partial charge in [0.05, 0.1) is 17.1 Å². The zero-order valence-corrected chi connectivity index (χ0v) is 29.4. The SMILES string of the molecule is Cc1cccc(C)c1N1C(=O)CSC1=NC(=O)NC(CCc1ccc(-c2ncn(-c3ccc(OC(F)(F)F)cc3)n2)cc1)C(=O)OCc1ccccc1. The standard InChI is InChI=1S/C38H33F3N6O5S/c1-24-7-6-8-25(2)33(24)47-32(48)22-53-37(47)44-36(50)43-31(35(49)51-21-27-9-4-3-5-10-27)20-13-26-11-14-28(15-12-26)34-42-23-46(45-34)29-16-18-30(19-17-29)52-38(39,40)41/h3-12,14-19,23,31H,13,20-22H2,1-2H3,(H,43,50). The van der Waals surface area contributed by atoms with E-state index in [0.29, 0.717) is 29.2 Å². The minimum absolute atomic E-state index is 0.0189. The number of ether oxygens (including phenoxy) is 2. The number of carbonyl (C=O) groups is 3. The molecule has 1 aromatic heterocycles. The van der Waals surface area contributed by atoms with Crippen molar-refractivity contribution in [3.05, 3.63) is 126 Å². The van der Waals surface area contributed by atoms with Crippen LogP contribution in [-0.4, -0.2) is 56.0 Å². The molecule has 53 heavy (non-hydrogen) atoms. The summed E-state index contributed by atoms with van der Waals surface area (Å²) < 4.78 is 48.4. The summed E-state index contributed by atoms with van der Waals surface area (Å²) in [7, 11) is 0. The lowest BCUT2D eigenvalue weighted by Gasteiger charge is -2.21. The van der Waals surface area contributed by atoms with E-state index < -0.39 is 24.4 Å². The summed E-state index contributed by atoms with van der Waals surface area (Å²) >= 11 is 1.15. The van der Waals surface area contributed by atoms with Gasteiger partial charge in [-0.15, -0.1) is 18.3 Å². The lowest BCUT2D eigenvalue weighted by molar-refractivity contribution is -0.274. The fourth-order valence-corrected chi connectivity index (χ4v) is 6.47. The van der Waals surface area contributed by atoms with Gasteiger partial charge in [-0.3, -0.25) is 9.69 Å². The van der Waals surface area contributed by atoms with E-state index in [1.54, 1.807) is 12.1 Å². The molecule has 3 amide bonds. The van der Waals surface area contributed by atoms with Crippen LogP contribution in [0.3, 0.4) is 0 Å². The molecule has 0 bridgehead atoms. The van der Waals surface area contributed by atoms with Crippen LogP contribution in [-0.2, 0) is 27.4 Å². The Morgan fingerprint density at radius 2 is 1.62 bits per heavy atom. The lowest BCUT2D eigenvalue weighted by Crippen LogP contribution is -2.42. The Bertz CT molecular complexity index is 2100. The Kier molecular flexibility index (Phi) is 11.2. The van der Waals surface area contributed by atoms with E-state index in [9.17, 15) is 27.6 Å². The van der Waals surface area contributed by atoms with Crippen LogP contribution in [0.2, 0.25) is 0 Å². The summed E-state index contributed by atoms with van der Waals surface area (Å²) in [6, 6.07) is 25.5. The molecule has 6 rings (SSSR count). The number of alkyl halides is 3. The van der Waals surface area contributed by atoms with Gasteiger partial charge >= 0.3 is 18.4 Å². The Labute approximate surface area is 306 Å². The molecule has 15 heteroatoms. The number of rotatable bonds is 11. The number of nitrogens with zero attached hydrogens (tertiary/aromatic N) is 5. The average Bonchev–Trinajstić information content (AvgIpc) is 3.76. The number of hydrogen-bond donors (Lipinski definition) is 1. The maximum absolute atomic E-state index is 13.3. The molecule has 272 valence electrons. The molecule has 5 aromatic rings. The summed E-state index contributed by atoms with van der Waals surface area (Å²) in [4.78, 5) is 49.5. The number of benzene rings is 4. The topological polar surface area (TPSA) is 128 Å². The van der Waals surface area contributed by atoms with E-state index in [-0.39, 0.29) is 35.6 Å². The third-order valence-corrected chi connectivity index (χ3v) is 9.12. The van der Waals surface area contributed by atoms with Crippen molar-refractivity contribution in [2.24, 2.45) is 4.99 Å². The van der Waals surface area contributed by atoms with Crippen molar-refractivity contribution in [1.29, 1.82) is 0 Å². The molecule has 0 spiro atoms. The maximum Gasteiger partial charge on any atom is 0.573 e. The van der Waals surface area contributed by atoms with Crippen LogP contribution in [0.5, 0.6) is 5.75 Å². The first kappa shape index (κ1) is 36.8. The van der Waals surface area contributed by atoms with Crippen LogP contribution in [0.4, 0.5) is 23.7 Å². The lowest BCUT2D eigenvalue weighted by atomic mass is 10.0. The molecule has 0 radical (unpaired) electrons. The number of amides is 3. The minimum atomic E-state index is -4.79. The van der Waals surface area contributed by atoms with Crippen molar-refractivity contribution < 1.29 is 37.0 Å². The fourth-order valence-electron chi connectivity index (χ4n) is 5.62. The number of para-hydroxylation sites is 1. The third kappa shape index (κ3) is 9.48. The first-order valence-corrected chi connectivity index (χ1v) is 17.4. The molecule has 11 nitrogen and oxygen atoms in total. The van der Waals surface area contributed by atoms with E-state index >= 15 is 0 Å². The second-order valence-corrected chi connectivity index (χ2v) is 13.0. The Balaban J connectivity index is 1.13. The molecule has 1 unspecified atom stereocenters. The summed E-state index contributed by atoms with van der Waals surface area (Å²) in [5, 5.41) is 7.36. The van der Waals surface area contributed by atoms with Crippen LogP contribution < -0.4 is 15.0 Å². The van der Waals surface area contributed by atoms with Gasteiger partial charge in [-0.2, -0.15) is 4.99 Å². The Morgan fingerprint density at radius 3 is 2.30 bits per heavy atom. The number of hydrogen-bond acceptors (Lipinski definition) is 8. The maximum atomic E-state index is 13.3. The van der Waals surface area contributed by atoms with Crippen LogP contribution >= 0.6 is 11.8 Å². The van der Waals surface area contributed by atoms with Crippen molar-refractivity contribution in [1.82, 2.24) is 20.1 Å². The van der Waals surface area contributed by atoms with Gasteiger partial charge in [0.15, 0.2) is 11.0 Å². The zero-order chi connectivity index (χ0) is 37.5. The molecule has 4 aromatic carbocycles. The molecule has 1 saturated heterocycles. The first-order chi connectivity index (χ1) is 25.4. The molecule has 1 fully saturated rings. The second kappa shape index (κ2) is 16.2. The van der Waals surface area contributed by atoms with Crippen molar-refractivity contribution in [2.45, 2.75) is 45.7 Å². The normalized spacial score (nSPS) is 14.3. The van der Waals surface area contributed by atoms with E-state index in [1.165, 1.54) is 40.2 Å². The number of aromatic nitrogens is 3. The Hall–Kier alpha value is -5.96. The van der Waals surface area contributed by atoms with Crippen molar-refractivity contribution in [3.63, 3.8) is 0 Å². The molecular weight excluding hydrogens is 710 g/mol. The van der Waals surface area contributed by atoms with Gasteiger partial charge in [0.1, 0.15) is 24.7 Å². The summed E-state index contributed by atoms with van der Waals surface area (Å²) in [6.07, 6.45) is -2.76. The van der Waals surface area contributed by atoms with E-state index in [2.05, 4.69) is 25.1 Å². The smallest absolute Gasteiger partial charge is 0.459 e. The van der Waals surface area contributed by atoms with Gasteiger partial charge in [0, 0.05) is 5.56 Å². The highest BCUT2D eigenvalue weighted by Gasteiger charge is 2.33. The van der Waals surface area contributed by atoms with Gasteiger partial charge < -0.3 is 14.8 Å². The molecule has 0 saturated carbocycles. The number of amidine groups is 1. The van der Waals surface area contributed by atoms with Crippen molar-refractivity contribution >= 4 is 40.5 Å². The molecule has 0 aliphatic carbocycles. The van der Waals surface area contributed by atoms with E-state index in [1.807, 2.05) is 74.5 Å². The first-order valence-electron chi connectivity index (χ1n) is 16.4. The number of aryl methyl sites for hydroxylation is 3. The highest BCUT2D eigenvalue weighted by molar-refractivity contribution is 8.15. The third-order valence-electron chi connectivity index (χ3n) is 8.19. The van der Waals surface area contributed by atoms with Crippen molar-refractivity contribution in [3.8, 4) is 22.8 Å². The number of anilines is 1. The number of thioether (sulfide) groups is 1. The molecule has 2 heterocycles. The molecule has 1 aliphatic heterocycles. The summed E-state index contributed by atoms with van der Waals surface area (Å²) in [5.74, 6) is -0.660. The average molecular weight is 743 g/mol. The summed E-state index contributed by atoms with van der Waals surface area (Å²) in [5.41, 5.74) is 5.21. The van der Waals surface area contributed by atoms with E-state index in [4.69, 9.17) is 4.74 Å². The van der Waals surface area contributed by atoms with E-state index in [0.717, 1.165) is 34.0 Å². The predicted octanol–water partition coefficient (Wildman–Crippen LogP) is 7.34. The molecular formula is C38H33F3N6O5S. The molecule has 1 N–H and O–H groups in total. The monoisotopic (exact) mass is 742 g/mol.